The number of carbonyl (C=O) groups is 2. The molecule has 0 aliphatic carbocycles. The minimum atomic E-state index is -0.525. The van der Waals surface area contributed by atoms with Crippen molar-refractivity contribution in [3.8, 4) is 0 Å². The summed E-state index contributed by atoms with van der Waals surface area (Å²) < 4.78 is 17.1. The molecule has 0 aromatic heterocycles. The molecular weight excluding hydrogens is 370 g/mol. The number of hydrogen-bond acceptors (Lipinski definition) is 6. The predicted octanol–water partition coefficient (Wildman–Crippen LogP) is 3.29. The fraction of sp³-hybridized carbons (Fsp3) is 0.217. The highest BCUT2D eigenvalue weighted by molar-refractivity contribution is 6.04. The molecule has 0 bridgehead atoms. The van der Waals surface area contributed by atoms with E-state index < -0.39 is 24.5 Å². The van der Waals surface area contributed by atoms with Crippen LogP contribution >= 0.6 is 0 Å². The molecule has 6 heteroatoms. The third kappa shape index (κ3) is 4.45. The van der Waals surface area contributed by atoms with Crippen molar-refractivity contribution in [2.24, 2.45) is 0 Å². The van der Waals surface area contributed by atoms with E-state index in [-0.39, 0.29) is 18.1 Å². The van der Waals surface area contributed by atoms with Gasteiger partial charge >= 0.3 is 5.97 Å². The van der Waals surface area contributed by atoms with E-state index in [9.17, 15) is 9.59 Å². The lowest BCUT2D eigenvalue weighted by atomic mass is 10.1. The molecule has 6 nitrogen and oxygen atoms in total. The molecule has 2 aromatic carbocycles. The van der Waals surface area contributed by atoms with Crippen molar-refractivity contribution in [1.29, 1.82) is 0 Å². The van der Waals surface area contributed by atoms with Crippen LogP contribution in [0.5, 0.6) is 0 Å². The average molecular weight is 391 g/mol. The molecule has 2 aromatic rings. The monoisotopic (exact) mass is 391 g/mol. The molecule has 1 fully saturated rings. The Kier molecular flexibility index (Phi) is 5.55. The third-order valence-corrected chi connectivity index (χ3v) is 4.68. The lowest BCUT2D eigenvalue weighted by molar-refractivity contribution is -0.252. The quantitative estimate of drug-likeness (QED) is 0.479. The van der Waals surface area contributed by atoms with E-state index in [1.54, 1.807) is 37.3 Å². The first-order chi connectivity index (χ1) is 14.1. The molecule has 148 valence electrons. The van der Waals surface area contributed by atoms with Crippen LogP contribution in [0.15, 0.2) is 84.2 Å². The van der Waals surface area contributed by atoms with Crippen molar-refractivity contribution >= 4 is 11.8 Å². The van der Waals surface area contributed by atoms with Crippen molar-refractivity contribution in [2.45, 2.75) is 25.4 Å². The zero-order valence-corrected chi connectivity index (χ0v) is 15.9. The van der Waals surface area contributed by atoms with Crippen LogP contribution < -0.4 is 5.32 Å². The highest BCUT2D eigenvalue weighted by atomic mass is 16.7. The molecule has 4 rings (SSSR count). The van der Waals surface area contributed by atoms with Gasteiger partial charge in [-0.25, -0.2) is 4.79 Å². The molecule has 2 aliphatic heterocycles. The van der Waals surface area contributed by atoms with E-state index in [1.807, 2.05) is 36.4 Å². The summed E-state index contributed by atoms with van der Waals surface area (Å²) in [7, 11) is 0. The maximum absolute atomic E-state index is 12.3. The summed E-state index contributed by atoms with van der Waals surface area (Å²) >= 11 is 0. The van der Waals surface area contributed by atoms with Gasteiger partial charge in [0.25, 0.3) is 0 Å². The summed E-state index contributed by atoms with van der Waals surface area (Å²) in [5.74, 6) is -0.652. The van der Waals surface area contributed by atoms with Crippen molar-refractivity contribution in [3.63, 3.8) is 0 Å². The Hall–Kier alpha value is -3.22. The number of hydrogen-bond donors (Lipinski definition) is 1. The Morgan fingerprint density at radius 2 is 1.76 bits per heavy atom. The second kappa shape index (κ2) is 8.43. The molecule has 0 spiro atoms. The molecule has 2 heterocycles. The SMILES string of the molecule is C/C(=C/C(=O)c1ccccc1)NC1=CC2OC(c3ccccc3)OCC2OC1=O. The lowest BCUT2D eigenvalue weighted by Crippen LogP contribution is -2.47. The first-order valence-electron chi connectivity index (χ1n) is 9.39. The normalized spacial score (nSPS) is 24.2. The topological polar surface area (TPSA) is 73.9 Å². The highest BCUT2D eigenvalue weighted by Gasteiger charge is 2.38. The number of esters is 1. The van der Waals surface area contributed by atoms with Crippen LogP contribution in [-0.2, 0) is 19.0 Å². The van der Waals surface area contributed by atoms with E-state index in [2.05, 4.69) is 5.32 Å². The van der Waals surface area contributed by atoms with Gasteiger partial charge in [-0.2, -0.15) is 0 Å². The van der Waals surface area contributed by atoms with Crippen molar-refractivity contribution in [2.75, 3.05) is 6.61 Å². The van der Waals surface area contributed by atoms with Gasteiger partial charge in [0.05, 0.1) is 6.61 Å². The van der Waals surface area contributed by atoms with Gasteiger partial charge in [0.2, 0.25) is 0 Å². The average Bonchev–Trinajstić information content (AvgIpc) is 2.75. The van der Waals surface area contributed by atoms with Gasteiger partial charge < -0.3 is 19.5 Å². The number of ether oxygens (including phenoxy) is 3. The van der Waals surface area contributed by atoms with E-state index in [0.717, 1.165) is 5.56 Å². The fourth-order valence-corrected chi connectivity index (χ4v) is 3.24. The number of carbonyl (C=O) groups excluding carboxylic acids is 2. The molecule has 0 saturated carbocycles. The summed E-state index contributed by atoms with van der Waals surface area (Å²) in [6, 6.07) is 18.5. The molecule has 3 atom stereocenters. The first kappa shape index (κ1) is 19.1. The Bertz CT molecular complexity index is 952. The second-order valence-corrected chi connectivity index (χ2v) is 6.88. The van der Waals surface area contributed by atoms with Gasteiger partial charge in [-0.3, -0.25) is 4.79 Å². The third-order valence-electron chi connectivity index (χ3n) is 4.68. The van der Waals surface area contributed by atoms with Gasteiger partial charge in [-0.15, -0.1) is 0 Å². The highest BCUT2D eigenvalue weighted by Crippen LogP contribution is 2.30. The summed E-state index contributed by atoms with van der Waals surface area (Å²) in [5, 5.41) is 2.96. The van der Waals surface area contributed by atoms with Crippen molar-refractivity contribution in [1.82, 2.24) is 5.32 Å². The Balaban J connectivity index is 1.47. The van der Waals surface area contributed by atoms with Gasteiger partial charge in [0.15, 0.2) is 18.2 Å². The number of nitrogens with one attached hydrogen (secondary N) is 1. The Morgan fingerprint density at radius 1 is 1.07 bits per heavy atom. The zero-order chi connectivity index (χ0) is 20.2. The lowest BCUT2D eigenvalue weighted by Gasteiger charge is -2.37. The molecule has 0 amide bonds. The molecule has 1 N–H and O–H groups in total. The van der Waals surface area contributed by atoms with Crippen LogP contribution in [0.2, 0.25) is 0 Å². The molecule has 1 saturated heterocycles. The van der Waals surface area contributed by atoms with Gasteiger partial charge in [0.1, 0.15) is 11.8 Å². The Morgan fingerprint density at radius 3 is 2.48 bits per heavy atom. The van der Waals surface area contributed by atoms with Crippen molar-refractivity contribution in [3.05, 3.63) is 95.3 Å². The maximum atomic E-state index is 12.3. The van der Waals surface area contributed by atoms with Crippen molar-refractivity contribution < 1.29 is 23.8 Å². The molecule has 0 radical (unpaired) electrons. The standard InChI is InChI=1S/C23H21NO5/c1-15(12-19(25)16-8-4-2-5-9-16)24-18-13-20-21(28-22(18)26)14-27-23(29-20)17-10-6-3-7-11-17/h2-13,20-21,23-24H,14H2,1H3/b15-12-. The zero-order valence-electron chi connectivity index (χ0n) is 15.9. The fourth-order valence-electron chi connectivity index (χ4n) is 3.24. The number of benzene rings is 2. The van der Waals surface area contributed by atoms with Crippen LogP contribution in [0, 0.1) is 0 Å². The van der Waals surface area contributed by atoms with Crippen LogP contribution in [0.1, 0.15) is 29.1 Å². The van der Waals surface area contributed by atoms with Crippen LogP contribution in [0.4, 0.5) is 0 Å². The number of ketones is 1. The number of rotatable bonds is 5. The van der Waals surface area contributed by atoms with Crippen LogP contribution in [0.25, 0.3) is 0 Å². The minimum Gasteiger partial charge on any atom is -0.452 e. The van der Waals surface area contributed by atoms with E-state index in [0.29, 0.717) is 11.3 Å². The van der Waals surface area contributed by atoms with E-state index in [4.69, 9.17) is 14.2 Å². The summed E-state index contributed by atoms with van der Waals surface area (Å²) in [5.41, 5.74) is 2.25. The van der Waals surface area contributed by atoms with E-state index in [1.165, 1.54) is 6.08 Å². The summed E-state index contributed by atoms with van der Waals surface area (Å²) in [6.45, 7) is 1.97. The molecule has 29 heavy (non-hydrogen) atoms. The maximum Gasteiger partial charge on any atom is 0.354 e. The van der Waals surface area contributed by atoms with Gasteiger partial charge in [0, 0.05) is 22.9 Å². The summed E-state index contributed by atoms with van der Waals surface area (Å²) in [4.78, 5) is 24.6. The largest absolute Gasteiger partial charge is 0.452 e. The van der Waals surface area contributed by atoms with E-state index >= 15 is 0 Å². The van der Waals surface area contributed by atoms with Gasteiger partial charge in [-0.1, -0.05) is 60.7 Å². The van der Waals surface area contributed by atoms with Crippen LogP contribution in [0.3, 0.4) is 0 Å². The minimum absolute atomic E-state index is 0.148. The van der Waals surface area contributed by atoms with Gasteiger partial charge in [-0.05, 0) is 13.0 Å². The second-order valence-electron chi connectivity index (χ2n) is 6.88. The molecule has 2 aliphatic rings. The Labute approximate surface area is 168 Å². The number of fused-ring (bicyclic) bond motifs is 1. The predicted molar refractivity (Wildman–Crippen MR) is 106 cm³/mol. The first-order valence-corrected chi connectivity index (χ1v) is 9.39. The summed E-state index contributed by atoms with van der Waals surface area (Å²) in [6.07, 6.45) is 1.69. The number of allylic oxidation sites excluding steroid dienone is 2. The van der Waals surface area contributed by atoms with Crippen LogP contribution in [-0.4, -0.2) is 30.6 Å². The smallest absolute Gasteiger partial charge is 0.354 e. The molecule has 3 unspecified atom stereocenters. The molecular formula is C23H21NO5.